The Morgan fingerprint density at radius 2 is 2.00 bits per heavy atom. The van der Waals surface area contributed by atoms with Gasteiger partial charge in [0.1, 0.15) is 23.8 Å². The normalized spacial score (nSPS) is 26.7. The zero-order valence-corrected chi connectivity index (χ0v) is 26.0. The molecule has 0 bridgehead atoms. The van der Waals surface area contributed by atoms with Gasteiger partial charge in [0.25, 0.3) is 6.43 Å². The summed E-state index contributed by atoms with van der Waals surface area (Å²) in [4.78, 5) is 43.9. The van der Waals surface area contributed by atoms with Crippen molar-refractivity contribution in [3.8, 4) is 5.75 Å². The number of fused-ring (bicyclic) bond motifs is 1. The molecule has 2 amide bonds. The van der Waals surface area contributed by atoms with E-state index in [1.807, 2.05) is 11.8 Å². The average molecular weight is 634 g/mol. The van der Waals surface area contributed by atoms with Crippen molar-refractivity contribution in [1.82, 2.24) is 15.0 Å². The van der Waals surface area contributed by atoms with Gasteiger partial charge in [0.05, 0.1) is 29.0 Å². The van der Waals surface area contributed by atoms with E-state index in [1.54, 1.807) is 24.0 Å². The molecule has 1 saturated heterocycles. The Hall–Kier alpha value is -3.21. The largest absolute Gasteiger partial charge is 0.487 e. The Morgan fingerprint density at radius 1 is 1.25 bits per heavy atom. The van der Waals surface area contributed by atoms with Gasteiger partial charge in [-0.3, -0.25) is 14.4 Å². The van der Waals surface area contributed by atoms with Gasteiger partial charge in [0.15, 0.2) is 0 Å². The molecule has 4 atom stereocenters. The Balaban J connectivity index is 1.41. The highest BCUT2D eigenvalue weighted by Crippen LogP contribution is 2.55. The van der Waals surface area contributed by atoms with Crippen LogP contribution in [-0.2, 0) is 27.4 Å². The van der Waals surface area contributed by atoms with E-state index in [9.17, 15) is 28.3 Å². The number of hydrogen-bond donors (Lipinski definition) is 1. The van der Waals surface area contributed by atoms with E-state index >= 15 is 0 Å². The van der Waals surface area contributed by atoms with E-state index in [2.05, 4.69) is 5.16 Å². The number of likely N-dealkylation sites (tertiary alicyclic amines) is 1. The molecule has 238 valence electrons. The third-order valence-electron chi connectivity index (χ3n) is 10.6. The van der Waals surface area contributed by atoms with Crippen LogP contribution in [0.2, 0.25) is 5.02 Å². The standard InChI is InChI=1S/C32H38ClF2N3O6/c1-17(38-16-32(11-12-32)14-24(38)39)27-26-19(9-13-37(27)29(40)20-6-4-5-10-31(20,3)30(41)42)21(33)7-8-23(26)43-15-22-25(28(34)35)18(2)44-36-22/h7-8,17,20,27-28H,4-6,9-16H2,1-3H3,(H,41,42)/t17?,20?,27?,31-/m0/s1. The first kappa shape index (κ1) is 30.8. The summed E-state index contributed by atoms with van der Waals surface area (Å²) < 4.78 is 38.7. The first-order chi connectivity index (χ1) is 20.9. The summed E-state index contributed by atoms with van der Waals surface area (Å²) in [6.45, 7) is 5.56. The number of amides is 2. The fraction of sp³-hybridized carbons (Fsp3) is 0.625. The number of carbonyl (C=O) groups excluding carboxylic acids is 2. The fourth-order valence-corrected chi connectivity index (χ4v) is 7.98. The maximum Gasteiger partial charge on any atom is 0.310 e. The van der Waals surface area contributed by atoms with Crippen LogP contribution in [-0.4, -0.2) is 57.0 Å². The van der Waals surface area contributed by atoms with Crippen LogP contribution >= 0.6 is 11.6 Å². The minimum Gasteiger partial charge on any atom is -0.487 e. The molecular weight excluding hydrogens is 596 g/mol. The third-order valence-corrected chi connectivity index (χ3v) is 10.9. The molecule has 6 rings (SSSR count). The van der Waals surface area contributed by atoms with Crippen molar-refractivity contribution in [1.29, 1.82) is 0 Å². The molecule has 2 saturated carbocycles. The number of ether oxygens (including phenoxy) is 1. The number of hydrogen-bond acceptors (Lipinski definition) is 6. The number of carboxylic acids is 1. The molecule has 3 fully saturated rings. The molecule has 3 unspecified atom stereocenters. The van der Waals surface area contributed by atoms with Crippen molar-refractivity contribution in [2.75, 3.05) is 13.1 Å². The van der Waals surface area contributed by atoms with Crippen molar-refractivity contribution in [3.05, 3.63) is 45.3 Å². The monoisotopic (exact) mass is 633 g/mol. The summed E-state index contributed by atoms with van der Waals surface area (Å²) in [6.07, 6.45) is 2.36. The molecule has 0 radical (unpaired) electrons. The lowest BCUT2D eigenvalue weighted by molar-refractivity contribution is -0.163. The predicted octanol–water partition coefficient (Wildman–Crippen LogP) is 6.26. The molecule has 4 aliphatic rings. The van der Waals surface area contributed by atoms with Crippen LogP contribution in [0.15, 0.2) is 16.7 Å². The number of benzene rings is 1. The highest BCUT2D eigenvalue weighted by atomic mass is 35.5. The van der Waals surface area contributed by atoms with Gasteiger partial charge in [0, 0.05) is 30.1 Å². The zero-order valence-electron chi connectivity index (χ0n) is 25.2. The summed E-state index contributed by atoms with van der Waals surface area (Å²) in [5.74, 6) is -1.61. The van der Waals surface area contributed by atoms with Gasteiger partial charge in [-0.25, -0.2) is 8.78 Å². The van der Waals surface area contributed by atoms with E-state index < -0.39 is 35.8 Å². The lowest BCUT2D eigenvalue weighted by atomic mass is 9.66. The van der Waals surface area contributed by atoms with Crippen LogP contribution in [0.4, 0.5) is 8.78 Å². The fourth-order valence-electron chi connectivity index (χ4n) is 7.72. The summed E-state index contributed by atoms with van der Waals surface area (Å²) in [5.41, 5.74) is -0.215. The first-order valence-corrected chi connectivity index (χ1v) is 15.8. The molecule has 2 aliphatic carbocycles. The van der Waals surface area contributed by atoms with Gasteiger partial charge in [-0.15, -0.1) is 0 Å². The molecule has 9 nitrogen and oxygen atoms in total. The van der Waals surface area contributed by atoms with Crippen molar-refractivity contribution >= 4 is 29.4 Å². The second-order valence-corrected chi connectivity index (χ2v) is 13.7. The van der Waals surface area contributed by atoms with Crippen LogP contribution in [0.25, 0.3) is 0 Å². The Kier molecular flexibility index (Phi) is 7.91. The van der Waals surface area contributed by atoms with E-state index in [4.69, 9.17) is 20.9 Å². The number of carboxylic acid groups (broad SMARTS) is 1. The van der Waals surface area contributed by atoms with Gasteiger partial charge in [0.2, 0.25) is 11.8 Å². The molecule has 2 aromatic rings. The average Bonchev–Trinajstić information content (AvgIpc) is 3.51. The first-order valence-electron chi connectivity index (χ1n) is 15.4. The van der Waals surface area contributed by atoms with Crippen LogP contribution in [0, 0.1) is 23.7 Å². The summed E-state index contributed by atoms with van der Waals surface area (Å²) >= 11 is 6.73. The lowest BCUT2D eigenvalue weighted by Gasteiger charge is -2.47. The molecule has 12 heteroatoms. The van der Waals surface area contributed by atoms with Gasteiger partial charge < -0.3 is 24.2 Å². The second kappa shape index (κ2) is 11.3. The van der Waals surface area contributed by atoms with Crippen molar-refractivity contribution < 1.29 is 37.5 Å². The summed E-state index contributed by atoms with van der Waals surface area (Å²) in [5, 5.41) is 14.5. The number of aromatic nitrogens is 1. The number of nitrogens with zero attached hydrogens (tertiary/aromatic N) is 3. The third kappa shape index (κ3) is 5.14. The van der Waals surface area contributed by atoms with Crippen LogP contribution in [0.3, 0.4) is 0 Å². The molecular formula is C32H38ClF2N3O6. The second-order valence-electron chi connectivity index (χ2n) is 13.3. The lowest BCUT2D eigenvalue weighted by Crippen LogP contribution is -2.55. The van der Waals surface area contributed by atoms with Crippen molar-refractivity contribution in [3.63, 3.8) is 0 Å². The Morgan fingerprint density at radius 3 is 2.66 bits per heavy atom. The van der Waals surface area contributed by atoms with Crippen LogP contribution < -0.4 is 4.74 Å². The van der Waals surface area contributed by atoms with E-state index in [-0.39, 0.29) is 40.9 Å². The highest BCUT2D eigenvalue weighted by Gasteiger charge is 2.55. The van der Waals surface area contributed by atoms with Gasteiger partial charge in [-0.2, -0.15) is 0 Å². The summed E-state index contributed by atoms with van der Waals surface area (Å²) in [6, 6.07) is 2.17. The SMILES string of the molecule is Cc1onc(COc2ccc(Cl)c3c2C(C(C)N2CC4(CC4)CC2=O)N(C(=O)C2CCCC[C@]2(C)C(=O)O)CC3)c1C(F)F. The van der Waals surface area contributed by atoms with E-state index in [1.165, 1.54) is 6.92 Å². The van der Waals surface area contributed by atoms with E-state index in [0.29, 0.717) is 55.1 Å². The highest BCUT2D eigenvalue weighted by molar-refractivity contribution is 6.31. The Bertz CT molecular complexity index is 1490. The quantitative estimate of drug-likeness (QED) is 0.365. The van der Waals surface area contributed by atoms with Crippen molar-refractivity contribution in [2.45, 2.75) is 97.3 Å². The number of rotatable bonds is 8. The molecule has 1 spiro atoms. The molecule has 44 heavy (non-hydrogen) atoms. The molecule has 1 N–H and O–H groups in total. The summed E-state index contributed by atoms with van der Waals surface area (Å²) in [7, 11) is 0. The maximum atomic E-state index is 14.5. The smallest absolute Gasteiger partial charge is 0.310 e. The number of aryl methyl sites for hydroxylation is 1. The number of carbonyl (C=O) groups is 3. The number of halogens is 3. The topological polar surface area (TPSA) is 113 Å². The number of aliphatic carboxylic acids is 1. The molecule has 2 aliphatic heterocycles. The van der Waals surface area contributed by atoms with Gasteiger partial charge in [-0.1, -0.05) is 29.6 Å². The van der Waals surface area contributed by atoms with Crippen LogP contribution in [0.1, 0.15) is 99.4 Å². The van der Waals surface area contributed by atoms with Gasteiger partial charge in [-0.05, 0) is 76.0 Å². The van der Waals surface area contributed by atoms with Crippen LogP contribution in [0.5, 0.6) is 5.75 Å². The molecule has 3 heterocycles. The minimum atomic E-state index is -2.80. The predicted molar refractivity (Wildman–Crippen MR) is 155 cm³/mol. The van der Waals surface area contributed by atoms with E-state index in [0.717, 1.165) is 31.2 Å². The minimum absolute atomic E-state index is 0.00974. The zero-order chi connectivity index (χ0) is 31.6. The maximum absolute atomic E-state index is 14.5. The van der Waals surface area contributed by atoms with Crippen molar-refractivity contribution in [2.24, 2.45) is 16.7 Å². The molecule has 1 aromatic heterocycles. The van der Waals surface area contributed by atoms with Gasteiger partial charge >= 0.3 is 5.97 Å². The Labute approximate surface area is 259 Å². The molecule has 1 aromatic carbocycles. The number of alkyl halides is 2.